The number of aromatic nitrogens is 3. The second kappa shape index (κ2) is 3.26. The van der Waals surface area contributed by atoms with Crippen molar-refractivity contribution >= 4 is 0 Å². The number of rotatable bonds is 1. The maximum atomic E-state index is 12.5. The second-order valence-electron chi connectivity index (χ2n) is 2.60. The molecule has 0 fully saturated rings. The molecule has 0 aromatic carbocycles. The molecule has 2 aromatic heterocycles. The zero-order valence-electron chi connectivity index (χ0n) is 7.05. The van der Waals surface area contributed by atoms with Crippen LogP contribution in [-0.4, -0.2) is 14.8 Å². The van der Waals surface area contributed by atoms with Crippen LogP contribution < -0.4 is 0 Å². The Labute approximate surface area is 79.2 Å². The molecule has 14 heavy (non-hydrogen) atoms. The van der Waals surface area contributed by atoms with Gasteiger partial charge < -0.3 is 0 Å². The van der Waals surface area contributed by atoms with Crippen LogP contribution in [-0.2, 0) is 0 Å². The van der Waals surface area contributed by atoms with E-state index in [4.69, 9.17) is 5.26 Å². The van der Waals surface area contributed by atoms with Crippen molar-refractivity contribution in [3.05, 3.63) is 42.2 Å². The SMILES string of the molecule is N#Cc1ccn(-c2ccc(F)nc2)n1. The summed E-state index contributed by atoms with van der Waals surface area (Å²) >= 11 is 0. The third kappa shape index (κ3) is 1.45. The van der Waals surface area contributed by atoms with E-state index >= 15 is 0 Å². The molecular formula is C9H5FN4. The molecule has 0 atom stereocenters. The van der Waals surface area contributed by atoms with Crippen LogP contribution in [0.1, 0.15) is 5.69 Å². The van der Waals surface area contributed by atoms with Gasteiger partial charge in [-0.3, -0.25) is 0 Å². The van der Waals surface area contributed by atoms with Gasteiger partial charge in [0.05, 0.1) is 11.9 Å². The Bertz CT molecular complexity index is 480. The van der Waals surface area contributed by atoms with Gasteiger partial charge in [-0.15, -0.1) is 0 Å². The van der Waals surface area contributed by atoms with E-state index in [1.165, 1.54) is 23.0 Å². The fourth-order valence-corrected chi connectivity index (χ4v) is 1.03. The Balaban J connectivity index is 2.40. The van der Waals surface area contributed by atoms with E-state index in [0.29, 0.717) is 11.4 Å². The van der Waals surface area contributed by atoms with E-state index in [0.717, 1.165) is 0 Å². The monoisotopic (exact) mass is 188 g/mol. The van der Waals surface area contributed by atoms with Gasteiger partial charge in [0.1, 0.15) is 6.07 Å². The normalized spacial score (nSPS) is 9.71. The number of hydrogen-bond acceptors (Lipinski definition) is 3. The number of hydrogen-bond donors (Lipinski definition) is 0. The highest BCUT2D eigenvalue weighted by atomic mass is 19.1. The summed E-state index contributed by atoms with van der Waals surface area (Å²) in [7, 11) is 0. The maximum absolute atomic E-state index is 12.5. The molecule has 4 nitrogen and oxygen atoms in total. The molecule has 2 rings (SSSR count). The number of pyridine rings is 1. The predicted octanol–water partition coefficient (Wildman–Crippen LogP) is 1.28. The molecule has 0 aliphatic carbocycles. The van der Waals surface area contributed by atoms with Gasteiger partial charge in [-0.1, -0.05) is 0 Å². The highest BCUT2D eigenvalue weighted by Gasteiger charge is 2.00. The average Bonchev–Trinajstić information content (AvgIpc) is 2.67. The standard InChI is InChI=1S/C9H5FN4/c10-9-2-1-8(6-12-9)14-4-3-7(5-11)13-14/h1-4,6H. The lowest BCUT2D eigenvalue weighted by Gasteiger charge is -1.98. The van der Waals surface area contributed by atoms with Crippen LogP contribution in [0.15, 0.2) is 30.6 Å². The van der Waals surface area contributed by atoms with Crippen molar-refractivity contribution in [3.63, 3.8) is 0 Å². The molecule has 5 heteroatoms. The summed E-state index contributed by atoms with van der Waals surface area (Å²) < 4.78 is 13.9. The van der Waals surface area contributed by atoms with Crippen molar-refractivity contribution in [2.75, 3.05) is 0 Å². The Morgan fingerprint density at radius 1 is 1.36 bits per heavy atom. The smallest absolute Gasteiger partial charge is 0.212 e. The topological polar surface area (TPSA) is 54.5 Å². The first kappa shape index (κ1) is 8.38. The first-order chi connectivity index (χ1) is 6.79. The lowest BCUT2D eigenvalue weighted by Crippen LogP contribution is -1.96. The minimum Gasteiger partial charge on any atom is -0.238 e. The quantitative estimate of drug-likeness (QED) is 0.633. The molecule has 2 heterocycles. The van der Waals surface area contributed by atoms with E-state index < -0.39 is 5.95 Å². The van der Waals surface area contributed by atoms with E-state index in [1.54, 1.807) is 12.3 Å². The third-order valence-corrected chi connectivity index (χ3v) is 1.68. The molecule has 0 aliphatic heterocycles. The molecule has 0 saturated heterocycles. The average molecular weight is 188 g/mol. The number of nitriles is 1. The lowest BCUT2D eigenvalue weighted by molar-refractivity contribution is 0.582. The van der Waals surface area contributed by atoms with Gasteiger partial charge in [-0.2, -0.15) is 14.8 Å². The Morgan fingerprint density at radius 2 is 2.21 bits per heavy atom. The summed E-state index contributed by atoms with van der Waals surface area (Å²) in [4.78, 5) is 3.48. The summed E-state index contributed by atoms with van der Waals surface area (Å²) in [5, 5.41) is 12.5. The Kier molecular flexibility index (Phi) is 1.95. The van der Waals surface area contributed by atoms with Crippen molar-refractivity contribution in [2.24, 2.45) is 0 Å². The molecule has 0 radical (unpaired) electrons. The van der Waals surface area contributed by atoms with Crippen LogP contribution in [0.5, 0.6) is 0 Å². The minimum absolute atomic E-state index is 0.314. The lowest BCUT2D eigenvalue weighted by atomic mass is 10.4. The highest BCUT2D eigenvalue weighted by Crippen LogP contribution is 2.05. The van der Waals surface area contributed by atoms with E-state index in [-0.39, 0.29) is 0 Å². The van der Waals surface area contributed by atoms with Crippen molar-refractivity contribution < 1.29 is 4.39 Å². The van der Waals surface area contributed by atoms with Gasteiger partial charge in [0, 0.05) is 6.20 Å². The van der Waals surface area contributed by atoms with Crippen molar-refractivity contribution in [1.29, 1.82) is 5.26 Å². The van der Waals surface area contributed by atoms with Crippen LogP contribution in [0.3, 0.4) is 0 Å². The maximum Gasteiger partial charge on any atom is 0.212 e. The minimum atomic E-state index is -0.540. The van der Waals surface area contributed by atoms with Crippen molar-refractivity contribution in [1.82, 2.24) is 14.8 Å². The number of halogens is 1. The van der Waals surface area contributed by atoms with Gasteiger partial charge in [-0.05, 0) is 18.2 Å². The van der Waals surface area contributed by atoms with Gasteiger partial charge in [0.25, 0.3) is 0 Å². The Morgan fingerprint density at radius 3 is 2.79 bits per heavy atom. The predicted molar refractivity (Wildman–Crippen MR) is 46.0 cm³/mol. The van der Waals surface area contributed by atoms with Crippen LogP contribution in [0.2, 0.25) is 0 Å². The van der Waals surface area contributed by atoms with Gasteiger partial charge in [-0.25, -0.2) is 9.67 Å². The van der Waals surface area contributed by atoms with Gasteiger partial charge in [0.15, 0.2) is 5.69 Å². The molecule has 0 saturated carbocycles. The van der Waals surface area contributed by atoms with Crippen LogP contribution in [0, 0.1) is 17.3 Å². The fourth-order valence-electron chi connectivity index (χ4n) is 1.03. The van der Waals surface area contributed by atoms with Gasteiger partial charge in [0.2, 0.25) is 5.95 Å². The molecule has 0 N–H and O–H groups in total. The number of nitrogens with zero attached hydrogens (tertiary/aromatic N) is 4. The molecule has 0 amide bonds. The summed E-state index contributed by atoms with van der Waals surface area (Å²) in [6.07, 6.45) is 2.97. The molecule has 0 aliphatic rings. The summed E-state index contributed by atoms with van der Waals surface area (Å²) in [5.74, 6) is -0.540. The van der Waals surface area contributed by atoms with Gasteiger partial charge >= 0.3 is 0 Å². The molecule has 68 valence electrons. The molecule has 2 aromatic rings. The summed E-state index contributed by atoms with van der Waals surface area (Å²) in [5.41, 5.74) is 0.933. The summed E-state index contributed by atoms with van der Waals surface area (Å²) in [6.45, 7) is 0. The molecule has 0 bridgehead atoms. The first-order valence-electron chi connectivity index (χ1n) is 3.87. The highest BCUT2D eigenvalue weighted by molar-refractivity contribution is 5.29. The van der Waals surface area contributed by atoms with Crippen LogP contribution >= 0.6 is 0 Å². The third-order valence-electron chi connectivity index (χ3n) is 1.68. The van der Waals surface area contributed by atoms with Crippen molar-refractivity contribution in [2.45, 2.75) is 0 Å². The molecular weight excluding hydrogens is 183 g/mol. The summed E-state index contributed by atoms with van der Waals surface area (Å²) in [6, 6.07) is 6.25. The fraction of sp³-hybridized carbons (Fsp3) is 0. The molecule has 0 spiro atoms. The second-order valence-corrected chi connectivity index (χ2v) is 2.60. The van der Waals surface area contributed by atoms with E-state index in [9.17, 15) is 4.39 Å². The van der Waals surface area contributed by atoms with E-state index in [1.807, 2.05) is 6.07 Å². The molecule has 0 unspecified atom stereocenters. The van der Waals surface area contributed by atoms with Crippen LogP contribution in [0.4, 0.5) is 4.39 Å². The zero-order valence-corrected chi connectivity index (χ0v) is 7.05. The largest absolute Gasteiger partial charge is 0.238 e. The zero-order chi connectivity index (χ0) is 9.97. The Hall–Kier alpha value is -2.22. The van der Waals surface area contributed by atoms with Crippen molar-refractivity contribution in [3.8, 4) is 11.8 Å². The van der Waals surface area contributed by atoms with Crippen LogP contribution in [0.25, 0.3) is 5.69 Å². The van der Waals surface area contributed by atoms with E-state index in [2.05, 4.69) is 10.1 Å². The first-order valence-corrected chi connectivity index (χ1v) is 3.87.